The van der Waals surface area contributed by atoms with Crippen LogP contribution in [-0.2, 0) is 9.53 Å². The third-order valence-electron chi connectivity index (χ3n) is 3.76. The van der Waals surface area contributed by atoms with Gasteiger partial charge in [0.15, 0.2) is 10.1 Å². The third-order valence-corrected chi connectivity index (χ3v) is 4.79. The van der Waals surface area contributed by atoms with E-state index in [0.717, 1.165) is 4.96 Å². The number of aromatic nitrogens is 2. The predicted molar refractivity (Wildman–Crippen MR) is 92.3 cm³/mol. The molecule has 0 spiro atoms. The summed E-state index contributed by atoms with van der Waals surface area (Å²) in [5.74, 6) is -0.111. The summed E-state index contributed by atoms with van der Waals surface area (Å²) in [7, 11) is 0. The number of piperazine rings is 1. The molecular weight excluding hydrogens is 352 g/mol. The van der Waals surface area contributed by atoms with Gasteiger partial charge in [0.2, 0.25) is 5.91 Å². The Morgan fingerprint density at radius 2 is 2.04 bits per heavy atom. The molecule has 0 aliphatic carbocycles. The summed E-state index contributed by atoms with van der Waals surface area (Å²) in [4.78, 5) is 32.3. The minimum atomic E-state index is -0.328. The van der Waals surface area contributed by atoms with Gasteiger partial charge in [0.05, 0.1) is 12.3 Å². The smallest absolute Gasteiger partial charge is 0.409 e. The second-order valence-corrected chi connectivity index (χ2v) is 6.42. The second kappa shape index (κ2) is 7.23. The molecule has 1 aliphatic heterocycles. The van der Waals surface area contributed by atoms with Gasteiger partial charge in [-0.25, -0.2) is 9.78 Å². The van der Waals surface area contributed by atoms with Crippen LogP contribution in [0.1, 0.15) is 12.6 Å². The van der Waals surface area contributed by atoms with Crippen LogP contribution in [0, 0.1) is 0 Å². The molecule has 0 atom stereocenters. The van der Waals surface area contributed by atoms with Crippen LogP contribution in [0.2, 0.25) is 5.15 Å². The lowest BCUT2D eigenvalue weighted by Gasteiger charge is -2.33. The third kappa shape index (κ3) is 3.39. The number of carbonyl (C=O) groups excluding carboxylic acids is 2. The lowest BCUT2D eigenvalue weighted by Crippen LogP contribution is -2.50. The number of nitrogens with zero attached hydrogens (tertiary/aromatic N) is 4. The topological polar surface area (TPSA) is 67.2 Å². The van der Waals surface area contributed by atoms with Crippen LogP contribution < -0.4 is 0 Å². The van der Waals surface area contributed by atoms with Crippen molar-refractivity contribution in [3.63, 3.8) is 0 Å². The van der Waals surface area contributed by atoms with Crippen LogP contribution in [0.3, 0.4) is 0 Å². The van der Waals surface area contributed by atoms with E-state index in [-0.39, 0.29) is 12.0 Å². The Balaban J connectivity index is 1.61. The molecule has 9 heteroatoms. The van der Waals surface area contributed by atoms with Crippen molar-refractivity contribution in [1.29, 1.82) is 0 Å². The highest BCUT2D eigenvalue weighted by atomic mass is 35.5. The molecule has 0 N–H and O–H groups in total. The molecule has 2 aromatic rings. The molecule has 2 amide bonds. The molecule has 0 unspecified atom stereocenters. The number of amides is 2. The quantitative estimate of drug-likeness (QED) is 0.780. The van der Waals surface area contributed by atoms with E-state index in [1.54, 1.807) is 22.8 Å². The van der Waals surface area contributed by atoms with Gasteiger partial charge in [-0.15, -0.1) is 11.3 Å². The molecular formula is C15H17ClN4O3S. The average molecular weight is 369 g/mol. The first-order valence-corrected chi connectivity index (χ1v) is 8.85. The number of ether oxygens (including phenoxy) is 1. The maximum Gasteiger partial charge on any atom is 0.409 e. The molecule has 24 heavy (non-hydrogen) atoms. The minimum Gasteiger partial charge on any atom is -0.450 e. The van der Waals surface area contributed by atoms with Crippen LogP contribution in [0.4, 0.5) is 4.79 Å². The number of hydrogen-bond acceptors (Lipinski definition) is 5. The number of carbonyl (C=O) groups is 2. The molecule has 3 rings (SSSR count). The Labute approximate surface area is 148 Å². The second-order valence-electron chi connectivity index (χ2n) is 5.19. The molecule has 0 aromatic carbocycles. The van der Waals surface area contributed by atoms with E-state index < -0.39 is 0 Å². The van der Waals surface area contributed by atoms with Crippen molar-refractivity contribution in [3.05, 3.63) is 28.5 Å². The molecule has 1 fully saturated rings. The molecule has 1 saturated heterocycles. The first-order valence-electron chi connectivity index (χ1n) is 7.60. The van der Waals surface area contributed by atoms with Crippen LogP contribution in [0.15, 0.2) is 17.7 Å². The highest BCUT2D eigenvalue weighted by molar-refractivity contribution is 7.15. The van der Waals surface area contributed by atoms with Crippen molar-refractivity contribution in [2.45, 2.75) is 6.92 Å². The number of fused-ring (bicyclic) bond motifs is 1. The largest absolute Gasteiger partial charge is 0.450 e. The fourth-order valence-electron chi connectivity index (χ4n) is 2.51. The summed E-state index contributed by atoms with van der Waals surface area (Å²) in [5, 5.41) is 2.28. The molecule has 0 saturated carbocycles. The maximum atomic E-state index is 12.3. The van der Waals surface area contributed by atoms with Gasteiger partial charge in [-0.3, -0.25) is 9.20 Å². The highest BCUT2D eigenvalue weighted by Crippen LogP contribution is 2.22. The average Bonchev–Trinajstić information content (AvgIpc) is 3.14. The van der Waals surface area contributed by atoms with Gasteiger partial charge in [0.25, 0.3) is 0 Å². The van der Waals surface area contributed by atoms with Gasteiger partial charge < -0.3 is 14.5 Å². The lowest BCUT2D eigenvalue weighted by atomic mass is 10.3. The van der Waals surface area contributed by atoms with Crippen molar-refractivity contribution in [1.82, 2.24) is 19.2 Å². The van der Waals surface area contributed by atoms with E-state index in [0.29, 0.717) is 43.6 Å². The van der Waals surface area contributed by atoms with Gasteiger partial charge in [-0.2, -0.15) is 0 Å². The zero-order valence-corrected chi connectivity index (χ0v) is 14.7. The summed E-state index contributed by atoms with van der Waals surface area (Å²) < 4.78 is 6.81. The van der Waals surface area contributed by atoms with E-state index >= 15 is 0 Å². The van der Waals surface area contributed by atoms with Gasteiger partial charge >= 0.3 is 6.09 Å². The van der Waals surface area contributed by atoms with E-state index in [2.05, 4.69) is 4.98 Å². The monoisotopic (exact) mass is 368 g/mol. The Hall–Kier alpha value is -2.06. The molecule has 0 radical (unpaired) electrons. The Morgan fingerprint density at radius 1 is 1.33 bits per heavy atom. The summed E-state index contributed by atoms with van der Waals surface area (Å²) in [6.45, 7) is 4.03. The Morgan fingerprint density at radius 3 is 2.75 bits per heavy atom. The molecule has 2 aromatic heterocycles. The minimum absolute atomic E-state index is 0.111. The Kier molecular flexibility index (Phi) is 5.06. The predicted octanol–water partition coefficient (Wildman–Crippen LogP) is 2.36. The Bertz CT molecular complexity index is 777. The molecule has 3 heterocycles. The van der Waals surface area contributed by atoms with E-state index in [1.807, 2.05) is 16.0 Å². The molecule has 7 nitrogen and oxygen atoms in total. The van der Waals surface area contributed by atoms with Crippen molar-refractivity contribution in [2.75, 3.05) is 32.8 Å². The van der Waals surface area contributed by atoms with Gasteiger partial charge in [0.1, 0.15) is 0 Å². The summed E-state index contributed by atoms with van der Waals surface area (Å²) in [6.07, 6.45) is 4.70. The first kappa shape index (κ1) is 16.8. The number of rotatable bonds is 3. The van der Waals surface area contributed by atoms with E-state index in [9.17, 15) is 9.59 Å². The summed E-state index contributed by atoms with van der Waals surface area (Å²) >= 11 is 7.58. The SMILES string of the molecule is CCOC(=O)N1CCN(C(=O)/C=C/c2c(Cl)nc3sccn23)CC1. The van der Waals surface area contributed by atoms with Crippen molar-refractivity contribution >= 4 is 46.0 Å². The summed E-state index contributed by atoms with van der Waals surface area (Å²) in [5.41, 5.74) is 0.687. The van der Waals surface area contributed by atoms with Crippen molar-refractivity contribution in [2.24, 2.45) is 0 Å². The number of thiazole rings is 1. The van der Waals surface area contributed by atoms with Crippen LogP contribution in [0.25, 0.3) is 11.0 Å². The van der Waals surface area contributed by atoms with Crippen molar-refractivity contribution < 1.29 is 14.3 Å². The summed E-state index contributed by atoms with van der Waals surface area (Å²) in [6, 6.07) is 0. The maximum absolute atomic E-state index is 12.3. The van der Waals surface area contributed by atoms with Crippen LogP contribution in [0.5, 0.6) is 0 Å². The van der Waals surface area contributed by atoms with Crippen LogP contribution >= 0.6 is 22.9 Å². The van der Waals surface area contributed by atoms with Gasteiger partial charge in [-0.1, -0.05) is 11.6 Å². The van der Waals surface area contributed by atoms with Crippen LogP contribution in [-0.4, -0.2) is 64.0 Å². The van der Waals surface area contributed by atoms with Crippen molar-refractivity contribution in [3.8, 4) is 0 Å². The van der Waals surface area contributed by atoms with Gasteiger partial charge in [-0.05, 0) is 13.0 Å². The standard InChI is InChI=1S/C15H17ClN4O3S/c1-2-23-15(22)19-7-5-18(6-8-19)12(21)4-3-11-13(16)17-14-20(11)9-10-24-14/h3-4,9-10H,2,5-8H2,1H3/b4-3+. The number of imidazole rings is 1. The number of hydrogen-bond donors (Lipinski definition) is 0. The molecule has 1 aliphatic rings. The molecule has 0 bridgehead atoms. The normalized spacial score (nSPS) is 15.4. The number of halogens is 1. The highest BCUT2D eigenvalue weighted by Gasteiger charge is 2.23. The zero-order valence-electron chi connectivity index (χ0n) is 13.1. The van der Waals surface area contributed by atoms with E-state index in [4.69, 9.17) is 16.3 Å². The van der Waals surface area contributed by atoms with Gasteiger partial charge in [0, 0.05) is 43.8 Å². The fourth-order valence-corrected chi connectivity index (χ4v) is 3.51. The zero-order chi connectivity index (χ0) is 17.1. The van der Waals surface area contributed by atoms with E-state index in [1.165, 1.54) is 17.4 Å². The fraction of sp³-hybridized carbons (Fsp3) is 0.400. The molecule has 128 valence electrons. The lowest BCUT2D eigenvalue weighted by molar-refractivity contribution is -0.127. The first-order chi connectivity index (χ1) is 11.6.